The van der Waals surface area contributed by atoms with Gasteiger partial charge in [0.15, 0.2) is 0 Å². The third kappa shape index (κ3) is 58.0. The second kappa shape index (κ2) is 41.7. The molecule has 0 aliphatic heterocycles. The molecule has 0 aliphatic rings. The maximum absolute atomic E-state index is 4.99. The molecular formula is C27H51BiO3S6. The van der Waals surface area contributed by atoms with E-state index < -0.39 is 0 Å². The summed E-state index contributed by atoms with van der Waals surface area (Å²) < 4.78 is 15.7. The van der Waals surface area contributed by atoms with Gasteiger partial charge in [0.25, 0.3) is 0 Å². The van der Waals surface area contributed by atoms with Crippen LogP contribution in [0.3, 0.4) is 0 Å². The Morgan fingerprint density at radius 1 is 0.405 bits per heavy atom. The van der Waals surface area contributed by atoms with Gasteiger partial charge in [-0.05, 0) is 19.3 Å². The van der Waals surface area contributed by atoms with Gasteiger partial charge < -0.3 is 88.8 Å². The molecule has 0 aromatic rings. The van der Waals surface area contributed by atoms with Crippen molar-refractivity contribution in [1.29, 1.82) is 0 Å². The zero-order valence-corrected chi connectivity index (χ0v) is 31.8. The van der Waals surface area contributed by atoms with Crippen LogP contribution in [0.5, 0.6) is 0 Å². The van der Waals surface area contributed by atoms with Gasteiger partial charge in [-0.3, -0.25) is 0 Å². The fourth-order valence-electron chi connectivity index (χ4n) is 3.11. The van der Waals surface area contributed by atoms with Gasteiger partial charge in [-0.25, -0.2) is 0 Å². The van der Waals surface area contributed by atoms with Gasteiger partial charge in [-0.2, -0.15) is 0 Å². The van der Waals surface area contributed by atoms with E-state index in [2.05, 4.69) is 95.3 Å². The van der Waals surface area contributed by atoms with Crippen molar-refractivity contribution >= 4 is 114 Å². The summed E-state index contributed by atoms with van der Waals surface area (Å²) in [7, 11) is 0. The van der Waals surface area contributed by atoms with Crippen LogP contribution in [0.25, 0.3) is 0 Å². The van der Waals surface area contributed by atoms with Crippen LogP contribution in [0.1, 0.15) is 136 Å². The predicted molar refractivity (Wildman–Crippen MR) is 184 cm³/mol. The SMILES string of the molecule is CCCCCCCCOC(=S)[S-].CCCCCCCCOC(=S)[S-].CCCCCCCCOC(=S)[S-].[Bi+3]. The van der Waals surface area contributed by atoms with Crippen LogP contribution in [-0.2, 0) is 52.1 Å². The Balaban J connectivity index is -0.000000218. The Bertz CT molecular complexity index is 418. The fraction of sp³-hybridized carbons (Fsp3) is 0.889. The number of hydrogen-bond donors (Lipinski definition) is 0. The van der Waals surface area contributed by atoms with Gasteiger partial charge in [0, 0.05) is 13.1 Å². The molecule has 0 N–H and O–H groups in total. The first-order chi connectivity index (χ1) is 17.3. The van der Waals surface area contributed by atoms with Gasteiger partial charge in [-0.15, -0.1) is 0 Å². The Morgan fingerprint density at radius 2 is 0.595 bits per heavy atom. The molecule has 0 saturated carbocycles. The molecule has 2 radical (unpaired) electrons. The van der Waals surface area contributed by atoms with E-state index in [9.17, 15) is 0 Å². The van der Waals surface area contributed by atoms with Crippen LogP contribution in [0.4, 0.5) is 0 Å². The molecular weight excluding hydrogens is 774 g/mol. The minimum atomic E-state index is 0. The molecule has 0 fully saturated rings. The van der Waals surface area contributed by atoms with E-state index in [-0.39, 0.29) is 39.4 Å². The third-order valence-corrected chi connectivity index (χ3v) is 5.86. The number of ether oxygens (including phenoxy) is 3. The number of unbranched alkanes of at least 4 members (excludes halogenated alkanes) is 15. The number of hydrogen-bond acceptors (Lipinski definition) is 9. The summed E-state index contributed by atoms with van der Waals surface area (Å²) in [4.78, 5) is 0. The summed E-state index contributed by atoms with van der Waals surface area (Å²) in [6.07, 6.45) is 22.8. The van der Waals surface area contributed by atoms with E-state index in [4.69, 9.17) is 14.2 Å². The first-order valence-electron chi connectivity index (χ1n) is 13.8. The van der Waals surface area contributed by atoms with E-state index >= 15 is 0 Å². The molecule has 0 aromatic heterocycles. The molecule has 218 valence electrons. The van der Waals surface area contributed by atoms with Crippen molar-refractivity contribution < 1.29 is 14.2 Å². The first-order valence-corrected chi connectivity index (χ1v) is 16.3. The smallest absolute Gasteiger partial charge is 0.514 e. The molecule has 0 rings (SSSR count). The van der Waals surface area contributed by atoms with Crippen LogP contribution in [0.2, 0.25) is 0 Å². The Hall–Kier alpha value is 1.21. The second-order valence-corrected chi connectivity index (χ2v) is 11.6. The molecule has 10 heteroatoms. The molecule has 0 saturated heterocycles. The van der Waals surface area contributed by atoms with E-state index in [1.54, 1.807) is 0 Å². The molecule has 0 aliphatic carbocycles. The quantitative estimate of drug-likeness (QED) is 0.0487. The van der Waals surface area contributed by atoms with Crippen LogP contribution in [-0.4, -0.2) is 59.2 Å². The summed E-state index contributed by atoms with van der Waals surface area (Å²) in [5.41, 5.74) is 0. The minimum absolute atomic E-state index is 0. The van der Waals surface area contributed by atoms with Gasteiger partial charge in [0.1, 0.15) is 0 Å². The largest absolute Gasteiger partial charge is 3.00 e. The Morgan fingerprint density at radius 3 is 0.784 bits per heavy atom. The predicted octanol–water partition coefficient (Wildman–Crippen LogP) is 9.21. The van der Waals surface area contributed by atoms with Gasteiger partial charge in [-0.1, -0.05) is 117 Å². The Kier molecular flexibility index (Phi) is 50.9. The van der Waals surface area contributed by atoms with E-state index in [1.165, 1.54) is 96.3 Å². The molecule has 37 heavy (non-hydrogen) atoms. The number of rotatable bonds is 21. The normalized spacial score (nSPS) is 9.49. The van der Waals surface area contributed by atoms with Gasteiger partial charge >= 0.3 is 26.2 Å². The number of thiocarbonyl (C=S) groups is 3. The topological polar surface area (TPSA) is 27.7 Å². The first kappa shape index (κ1) is 45.2. The molecule has 0 spiro atoms. The molecule has 0 unspecified atom stereocenters. The van der Waals surface area contributed by atoms with Gasteiger partial charge in [0.2, 0.25) is 0 Å². The monoisotopic (exact) mass is 824 g/mol. The van der Waals surface area contributed by atoms with Crippen LogP contribution < -0.4 is 0 Å². The van der Waals surface area contributed by atoms with E-state index in [0.717, 1.165) is 19.3 Å². The van der Waals surface area contributed by atoms with Crippen LogP contribution in [0.15, 0.2) is 0 Å². The zero-order valence-electron chi connectivity index (χ0n) is 23.5. The summed E-state index contributed by atoms with van der Waals surface area (Å²) in [5.74, 6) is 0. The molecule has 3 nitrogen and oxygen atoms in total. The van der Waals surface area contributed by atoms with Gasteiger partial charge in [0.05, 0.1) is 19.8 Å². The standard InChI is InChI=1S/3C9H18OS2.Bi/c3*1-2-3-4-5-6-7-8-10-9(11)12;/h3*2-8H2,1H3,(H,11,12);/q;;;+3/p-3. The van der Waals surface area contributed by atoms with Crippen molar-refractivity contribution in [2.45, 2.75) is 136 Å². The van der Waals surface area contributed by atoms with E-state index in [0.29, 0.717) is 19.8 Å². The second-order valence-electron chi connectivity index (χ2n) is 8.60. The molecule has 0 atom stereocenters. The minimum Gasteiger partial charge on any atom is -0.514 e. The molecule has 0 heterocycles. The van der Waals surface area contributed by atoms with Crippen molar-refractivity contribution in [3.63, 3.8) is 0 Å². The molecule has 0 bridgehead atoms. The molecule has 0 aromatic carbocycles. The third-order valence-electron chi connectivity index (χ3n) is 5.15. The summed E-state index contributed by atoms with van der Waals surface area (Å²) in [6.45, 7) is 8.77. The van der Waals surface area contributed by atoms with Crippen LogP contribution >= 0.6 is 36.7 Å². The van der Waals surface area contributed by atoms with Crippen molar-refractivity contribution in [3.8, 4) is 0 Å². The summed E-state index contributed by atoms with van der Waals surface area (Å²) in [6, 6.07) is 0. The van der Waals surface area contributed by atoms with E-state index in [1.807, 2.05) is 0 Å². The Labute approximate surface area is 281 Å². The van der Waals surface area contributed by atoms with Crippen molar-refractivity contribution in [2.24, 2.45) is 0 Å². The summed E-state index contributed by atoms with van der Waals surface area (Å²) >= 11 is 27.6. The van der Waals surface area contributed by atoms with Crippen molar-refractivity contribution in [2.75, 3.05) is 19.8 Å². The van der Waals surface area contributed by atoms with Crippen LogP contribution in [0, 0.1) is 0 Å². The average molecular weight is 825 g/mol. The van der Waals surface area contributed by atoms with Crippen molar-refractivity contribution in [3.05, 3.63) is 0 Å². The fourth-order valence-corrected chi connectivity index (χ4v) is 3.61. The summed E-state index contributed by atoms with van der Waals surface area (Å²) in [5, 5.41) is 0. The maximum Gasteiger partial charge on any atom is 3.00 e. The zero-order chi connectivity index (χ0) is 27.7. The average Bonchev–Trinajstić information content (AvgIpc) is 2.83. The maximum atomic E-state index is 4.99. The van der Waals surface area contributed by atoms with Crippen molar-refractivity contribution in [1.82, 2.24) is 0 Å². The molecule has 0 amide bonds.